The summed E-state index contributed by atoms with van der Waals surface area (Å²) in [6, 6.07) is 0. The highest BCUT2D eigenvalue weighted by Gasteiger charge is 2.16. The van der Waals surface area contributed by atoms with Gasteiger partial charge in [0.1, 0.15) is 6.61 Å². The van der Waals surface area contributed by atoms with Crippen molar-refractivity contribution in [3.8, 4) is 0 Å². The second-order valence-electron chi connectivity index (χ2n) is 7.89. The van der Waals surface area contributed by atoms with Gasteiger partial charge >= 0.3 is 5.97 Å². The molecule has 1 unspecified atom stereocenters. The molecule has 0 spiro atoms. The van der Waals surface area contributed by atoms with Crippen LogP contribution in [0.5, 0.6) is 0 Å². The highest BCUT2D eigenvalue weighted by Crippen LogP contribution is 2.14. The third kappa shape index (κ3) is 22.5. The maximum atomic E-state index is 11.9. The van der Waals surface area contributed by atoms with Crippen LogP contribution in [-0.4, -0.2) is 78.6 Å². The van der Waals surface area contributed by atoms with Gasteiger partial charge in [0.2, 0.25) is 0 Å². The summed E-state index contributed by atoms with van der Waals surface area (Å²) in [6.45, 7) is 12.3. The minimum atomic E-state index is -0.104. The van der Waals surface area contributed by atoms with Crippen molar-refractivity contribution in [2.75, 3.05) is 72.7 Å². The molecule has 0 aliphatic heterocycles. The van der Waals surface area contributed by atoms with Crippen LogP contribution in [0, 0.1) is 5.92 Å². The highest BCUT2D eigenvalue weighted by molar-refractivity contribution is 5.72. The van der Waals surface area contributed by atoms with E-state index in [1.807, 2.05) is 6.92 Å². The van der Waals surface area contributed by atoms with Crippen molar-refractivity contribution in [2.45, 2.75) is 78.6 Å². The van der Waals surface area contributed by atoms with E-state index in [1.54, 1.807) is 0 Å². The molecule has 0 heterocycles. The number of unbranched alkanes of at least 4 members (excludes halogenated alkanes) is 5. The molecule has 0 N–H and O–H groups in total. The first-order valence-corrected chi connectivity index (χ1v) is 12.8. The average molecular weight is 463 g/mol. The van der Waals surface area contributed by atoms with E-state index in [0.717, 1.165) is 38.7 Å². The topological polar surface area (TPSA) is 72.5 Å². The van der Waals surface area contributed by atoms with Crippen LogP contribution in [0.2, 0.25) is 0 Å². The van der Waals surface area contributed by atoms with Crippen molar-refractivity contribution in [3.63, 3.8) is 0 Å². The third-order valence-corrected chi connectivity index (χ3v) is 5.08. The SMILES string of the molecule is CCCCCCCOCCOCCOCCOCCOCCOC(=O)C(CC)CCCC. The summed E-state index contributed by atoms with van der Waals surface area (Å²) in [5, 5.41) is 0. The molecule has 0 saturated carbocycles. The maximum Gasteiger partial charge on any atom is 0.308 e. The Morgan fingerprint density at radius 2 is 0.969 bits per heavy atom. The van der Waals surface area contributed by atoms with Crippen LogP contribution >= 0.6 is 0 Å². The molecule has 0 amide bonds. The Morgan fingerprint density at radius 1 is 0.531 bits per heavy atom. The predicted molar refractivity (Wildman–Crippen MR) is 127 cm³/mol. The van der Waals surface area contributed by atoms with Gasteiger partial charge in [-0.2, -0.15) is 0 Å². The molecule has 32 heavy (non-hydrogen) atoms. The van der Waals surface area contributed by atoms with E-state index in [4.69, 9.17) is 28.4 Å². The second-order valence-corrected chi connectivity index (χ2v) is 7.89. The van der Waals surface area contributed by atoms with Gasteiger partial charge in [0.15, 0.2) is 0 Å². The van der Waals surface area contributed by atoms with Crippen molar-refractivity contribution < 1.29 is 33.2 Å². The molecule has 0 radical (unpaired) electrons. The van der Waals surface area contributed by atoms with Gasteiger partial charge in [0.05, 0.1) is 65.4 Å². The second kappa shape index (κ2) is 26.5. The monoisotopic (exact) mass is 462 g/mol. The Morgan fingerprint density at radius 3 is 1.44 bits per heavy atom. The van der Waals surface area contributed by atoms with E-state index in [9.17, 15) is 4.79 Å². The van der Waals surface area contributed by atoms with Crippen molar-refractivity contribution in [3.05, 3.63) is 0 Å². The molecular weight excluding hydrogens is 412 g/mol. The molecule has 0 fully saturated rings. The van der Waals surface area contributed by atoms with E-state index in [1.165, 1.54) is 25.7 Å². The van der Waals surface area contributed by atoms with Crippen LogP contribution in [0.4, 0.5) is 0 Å². The fourth-order valence-electron chi connectivity index (χ4n) is 3.05. The zero-order chi connectivity index (χ0) is 23.5. The minimum Gasteiger partial charge on any atom is -0.463 e. The molecule has 0 aromatic heterocycles. The van der Waals surface area contributed by atoms with E-state index in [2.05, 4.69) is 13.8 Å². The van der Waals surface area contributed by atoms with Gasteiger partial charge in [-0.15, -0.1) is 0 Å². The van der Waals surface area contributed by atoms with Gasteiger partial charge in [-0.05, 0) is 19.3 Å². The summed E-state index contributed by atoms with van der Waals surface area (Å²) in [6.07, 6.45) is 10.2. The zero-order valence-electron chi connectivity index (χ0n) is 21.1. The predicted octanol–water partition coefficient (Wildman–Crippen LogP) is 4.80. The van der Waals surface area contributed by atoms with Gasteiger partial charge in [0, 0.05) is 6.61 Å². The largest absolute Gasteiger partial charge is 0.463 e. The number of esters is 1. The lowest BCUT2D eigenvalue weighted by Gasteiger charge is -2.13. The Hall–Kier alpha value is -0.730. The van der Waals surface area contributed by atoms with Gasteiger partial charge < -0.3 is 28.4 Å². The molecule has 7 nitrogen and oxygen atoms in total. The number of hydrogen-bond acceptors (Lipinski definition) is 7. The lowest BCUT2D eigenvalue weighted by Crippen LogP contribution is -2.20. The summed E-state index contributed by atoms with van der Waals surface area (Å²) < 4.78 is 32.6. The van der Waals surface area contributed by atoms with Crippen LogP contribution in [0.3, 0.4) is 0 Å². The fraction of sp³-hybridized carbons (Fsp3) is 0.960. The zero-order valence-corrected chi connectivity index (χ0v) is 21.1. The maximum absolute atomic E-state index is 11.9. The summed E-state index contributed by atoms with van der Waals surface area (Å²) >= 11 is 0. The summed E-state index contributed by atoms with van der Waals surface area (Å²) in [5.74, 6) is -0.0885. The van der Waals surface area contributed by atoms with E-state index in [-0.39, 0.29) is 11.9 Å². The normalized spacial score (nSPS) is 12.2. The molecule has 0 aromatic rings. The molecule has 192 valence electrons. The molecule has 0 bridgehead atoms. The molecule has 0 rings (SSSR count). The Kier molecular flexibility index (Phi) is 25.9. The first kappa shape index (κ1) is 31.3. The highest BCUT2D eigenvalue weighted by atomic mass is 16.6. The van der Waals surface area contributed by atoms with Crippen molar-refractivity contribution in [2.24, 2.45) is 5.92 Å². The number of hydrogen-bond donors (Lipinski definition) is 0. The average Bonchev–Trinajstić information content (AvgIpc) is 2.80. The number of rotatable bonds is 26. The molecule has 7 heteroatoms. The van der Waals surface area contributed by atoms with Crippen LogP contribution in [0.15, 0.2) is 0 Å². The Balaban J connectivity index is 3.20. The van der Waals surface area contributed by atoms with Crippen LogP contribution < -0.4 is 0 Å². The Bertz CT molecular complexity index is 379. The number of ether oxygens (including phenoxy) is 6. The molecule has 1 atom stereocenters. The van der Waals surface area contributed by atoms with Gasteiger partial charge in [-0.3, -0.25) is 4.79 Å². The quantitative estimate of drug-likeness (QED) is 0.135. The number of carbonyl (C=O) groups excluding carboxylic acids is 1. The summed E-state index contributed by atoms with van der Waals surface area (Å²) in [5.41, 5.74) is 0. The van der Waals surface area contributed by atoms with Crippen molar-refractivity contribution >= 4 is 5.97 Å². The Labute approximate surface area is 196 Å². The lowest BCUT2D eigenvalue weighted by atomic mass is 10.00. The van der Waals surface area contributed by atoms with Gasteiger partial charge in [-0.1, -0.05) is 59.3 Å². The van der Waals surface area contributed by atoms with Crippen LogP contribution in [0.25, 0.3) is 0 Å². The number of carbonyl (C=O) groups is 1. The molecule has 0 aromatic carbocycles. The van der Waals surface area contributed by atoms with Crippen molar-refractivity contribution in [1.82, 2.24) is 0 Å². The van der Waals surface area contributed by atoms with Gasteiger partial charge in [-0.25, -0.2) is 0 Å². The fourth-order valence-corrected chi connectivity index (χ4v) is 3.05. The standard InChI is InChI=1S/C25H50O7/c1-4-7-9-10-11-13-27-14-15-28-16-17-29-18-19-30-20-21-31-22-23-32-25(26)24(6-3)12-8-5-2/h24H,4-23H2,1-3H3. The van der Waals surface area contributed by atoms with E-state index in [0.29, 0.717) is 66.1 Å². The third-order valence-electron chi connectivity index (χ3n) is 5.08. The van der Waals surface area contributed by atoms with E-state index < -0.39 is 0 Å². The van der Waals surface area contributed by atoms with E-state index >= 15 is 0 Å². The summed E-state index contributed by atoms with van der Waals surface area (Å²) in [7, 11) is 0. The lowest BCUT2D eigenvalue weighted by molar-refractivity contribution is -0.150. The molecule has 0 aliphatic carbocycles. The minimum absolute atomic E-state index is 0.0159. The first-order chi connectivity index (χ1) is 15.8. The van der Waals surface area contributed by atoms with Crippen LogP contribution in [0.1, 0.15) is 78.6 Å². The first-order valence-electron chi connectivity index (χ1n) is 12.8. The van der Waals surface area contributed by atoms with Crippen LogP contribution in [-0.2, 0) is 33.2 Å². The van der Waals surface area contributed by atoms with Gasteiger partial charge in [0.25, 0.3) is 0 Å². The molecule has 0 aliphatic rings. The molecule has 0 saturated heterocycles. The molecular formula is C25H50O7. The van der Waals surface area contributed by atoms with Crippen molar-refractivity contribution in [1.29, 1.82) is 0 Å². The summed E-state index contributed by atoms with van der Waals surface area (Å²) in [4.78, 5) is 11.9. The smallest absolute Gasteiger partial charge is 0.308 e.